The normalized spacial score (nSPS) is 26.9. The Bertz CT molecular complexity index is 368. The van der Waals surface area contributed by atoms with E-state index in [1.54, 1.807) is 0 Å². The summed E-state index contributed by atoms with van der Waals surface area (Å²) in [6.07, 6.45) is 21.5. The van der Waals surface area contributed by atoms with Crippen LogP contribution >= 0.6 is 0 Å². The molecule has 0 atom stereocenters. The second-order valence-electron chi connectivity index (χ2n) is 12.0. The van der Waals surface area contributed by atoms with E-state index >= 15 is 0 Å². The van der Waals surface area contributed by atoms with Crippen molar-refractivity contribution in [2.24, 2.45) is 0 Å². The van der Waals surface area contributed by atoms with E-state index in [-0.39, 0.29) is 21.7 Å². The molecule has 4 rings (SSSR count). The van der Waals surface area contributed by atoms with Gasteiger partial charge in [0, 0.05) is 0 Å². The summed E-state index contributed by atoms with van der Waals surface area (Å²) in [5.41, 5.74) is -2.28. The molecule has 0 heterocycles. The first-order valence-electron chi connectivity index (χ1n) is 13.6. The molecule has 0 aliphatic heterocycles. The smallest absolute Gasteiger partial charge is 0.850 e. The summed E-state index contributed by atoms with van der Waals surface area (Å²) < 4.78 is 0. The number of hydrogen-bond acceptors (Lipinski definition) is 4. The van der Waals surface area contributed by atoms with Crippen molar-refractivity contribution < 1.29 is 42.1 Å². The minimum Gasteiger partial charge on any atom is -0.850 e. The van der Waals surface area contributed by atoms with Gasteiger partial charge in [0.15, 0.2) is 0 Å². The van der Waals surface area contributed by atoms with Crippen LogP contribution in [-0.4, -0.2) is 22.4 Å². The predicted octanol–water partition coefficient (Wildman–Crippen LogP) is 4.28. The summed E-state index contributed by atoms with van der Waals surface area (Å²) in [5.74, 6) is 0. The molecule has 4 aliphatic rings. The molecule has 0 unspecified atom stereocenters. The molecule has 0 aromatic rings. The molecule has 33 heavy (non-hydrogen) atoms. The summed E-state index contributed by atoms with van der Waals surface area (Å²) in [6.45, 7) is 7.30. The standard InChI is InChI=1S/4C7H13O.Ti/c4*1-7(8)5-3-2-4-6-7;/h4*2-6H2,1H3;/q4*-1;+4. The average molecular weight is 501 g/mol. The first-order valence-corrected chi connectivity index (χ1v) is 13.6. The molecule has 5 heteroatoms. The van der Waals surface area contributed by atoms with Gasteiger partial charge in [-0.15, -0.1) is 22.4 Å². The third kappa shape index (κ3) is 18.5. The van der Waals surface area contributed by atoms with Gasteiger partial charge in [-0.25, -0.2) is 0 Å². The third-order valence-corrected chi connectivity index (χ3v) is 7.64. The quantitative estimate of drug-likeness (QED) is 0.464. The van der Waals surface area contributed by atoms with Gasteiger partial charge >= 0.3 is 21.7 Å². The Morgan fingerprint density at radius 3 is 0.485 bits per heavy atom. The Morgan fingerprint density at radius 2 is 0.424 bits per heavy atom. The maximum absolute atomic E-state index is 11.1. The van der Waals surface area contributed by atoms with E-state index in [2.05, 4.69) is 0 Å². The van der Waals surface area contributed by atoms with Crippen LogP contribution in [0.2, 0.25) is 0 Å². The largest absolute Gasteiger partial charge is 4.00 e. The maximum Gasteiger partial charge on any atom is 4.00 e. The van der Waals surface area contributed by atoms with Crippen LogP contribution in [0.4, 0.5) is 0 Å². The molecule has 192 valence electrons. The van der Waals surface area contributed by atoms with Gasteiger partial charge in [-0.1, -0.05) is 156 Å². The molecule has 0 spiro atoms. The fourth-order valence-electron chi connectivity index (χ4n) is 5.20. The van der Waals surface area contributed by atoms with Gasteiger partial charge in [0.2, 0.25) is 0 Å². The van der Waals surface area contributed by atoms with Gasteiger partial charge in [-0.05, 0) is 0 Å². The molecule has 0 radical (unpaired) electrons. The van der Waals surface area contributed by atoms with E-state index in [4.69, 9.17) is 0 Å². The zero-order chi connectivity index (χ0) is 24.1. The first-order chi connectivity index (χ1) is 14.8. The van der Waals surface area contributed by atoms with Crippen LogP contribution in [0.1, 0.15) is 156 Å². The predicted molar refractivity (Wildman–Crippen MR) is 126 cm³/mol. The van der Waals surface area contributed by atoms with Crippen LogP contribution in [0.25, 0.3) is 0 Å². The summed E-state index contributed by atoms with van der Waals surface area (Å²) >= 11 is 0. The Morgan fingerprint density at radius 1 is 0.303 bits per heavy atom. The minimum absolute atomic E-state index is 0. The zero-order valence-corrected chi connectivity index (χ0v) is 23.8. The van der Waals surface area contributed by atoms with Crippen LogP contribution in [0.15, 0.2) is 0 Å². The third-order valence-electron chi connectivity index (χ3n) is 7.64. The fraction of sp³-hybridized carbons (Fsp3) is 1.00. The van der Waals surface area contributed by atoms with Crippen molar-refractivity contribution in [3.05, 3.63) is 0 Å². The Kier molecular flexibility index (Phi) is 16.6. The molecular weight excluding hydrogens is 448 g/mol. The molecule has 4 fully saturated rings. The zero-order valence-electron chi connectivity index (χ0n) is 22.3. The van der Waals surface area contributed by atoms with Crippen molar-refractivity contribution >= 4 is 0 Å². The van der Waals surface area contributed by atoms with Gasteiger partial charge in [-0.2, -0.15) is 0 Å². The second-order valence-corrected chi connectivity index (χ2v) is 12.0. The van der Waals surface area contributed by atoms with E-state index in [1.165, 1.54) is 25.7 Å². The summed E-state index contributed by atoms with van der Waals surface area (Å²) in [5, 5.41) is 44.5. The van der Waals surface area contributed by atoms with E-state index in [9.17, 15) is 20.4 Å². The maximum atomic E-state index is 11.1. The Hall–Kier alpha value is 0.554. The van der Waals surface area contributed by atoms with E-state index in [1.807, 2.05) is 27.7 Å². The van der Waals surface area contributed by atoms with Crippen LogP contribution in [0.5, 0.6) is 0 Å². The monoisotopic (exact) mass is 500 g/mol. The summed E-state index contributed by atoms with van der Waals surface area (Å²) in [6, 6.07) is 0. The first kappa shape index (κ1) is 33.6. The Balaban J connectivity index is 0.000000410. The summed E-state index contributed by atoms with van der Waals surface area (Å²) in [7, 11) is 0. The van der Waals surface area contributed by atoms with E-state index in [0.717, 1.165) is 103 Å². The molecule has 0 aromatic heterocycles. The van der Waals surface area contributed by atoms with Gasteiger partial charge < -0.3 is 20.4 Å². The minimum atomic E-state index is -0.571. The fourth-order valence-corrected chi connectivity index (χ4v) is 5.20. The van der Waals surface area contributed by atoms with Crippen LogP contribution in [-0.2, 0) is 21.7 Å². The van der Waals surface area contributed by atoms with Crippen molar-refractivity contribution in [1.82, 2.24) is 0 Å². The van der Waals surface area contributed by atoms with Gasteiger partial charge in [0.25, 0.3) is 0 Å². The SMILES string of the molecule is CC1([O-])CCCCC1.CC1([O-])CCCCC1.CC1([O-])CCCCC1.CC1([O-])CCCCC1.[Ti+4]. The van der Waals surface area contributed by atoms with Crippen molar-refractivity contribution in [2.75, 3.05) is 0 Å². The molecule has 4 nitrogen and oxygen atoms in total. The van der Waals surface area contributed by atoms with Crippen LogP contribution in [0, 0.1) is 0 Å². The number of rotatable bonds is 0. The van der Waals surface area contributed by atoms with Gasteiger partial charge in [0.05, 0.1) is 0 Å². The van der Waals surface area contributed by atoms with Crippen molar-refractivity contribution in [1.29, 1.82) is 0 Å². The van der Waals surface area contributed by atoms with Crippen LogP contribution in [0.3, 0.4) is 0 Å². The van der Waals surface area contributed by atoms with Gasteiger partial charge in [-0.3, -0.25) is 0 Å². The molecule has 0 amide bonds. The second kappa shape index (κ2) is 16.3. The van der Waals surface area contributed by atoms with Crippen molar-refractivity contribution in [3.63, 3.8) is 0 Å². The van der Waals surface area contributed by atoms with Crippen molar-refractivity contribution in [2.45, 2.75) is 179 Å². The molecule has 0 bridgehead atoms. The summed E-state index contributed by atoms with van der Waals surface area (Å²) in [4.78, 5) is 0. The molecule has 0 saturated heterocycles. The molecule has 4 aliphatic carbocycles. The Labute approximate surface area is 220 Å². The molecule has 0 N–H and O–H groups in total. The topological polar surface area (TPSA) is 92.2 Å². The molecular formula is C28H52O4Ti. The van der Waals surface area contributed by atoms with E-state index in [0.29, 0.717) is 0 Å². The average Bonchev–Trinajstić information content (AvgIpc) is 2.69. The van der Waals surface area contributed by atoms with Crippen molar-refractivity contribution in [3.8, 4) is 0 Å². The molecule has 0 aromatic carbocycles. The van der Waals surface area contributed by atoms with E-state index < -0.39 is 22.4 Å². The van der Waals surface area contributed by atoms with Gasteiger partial charge in [0.1, 0.15) is 0 Å². The number of hydrogen-bond donors (Lipinski definition) is 0. The van der Waals surface area contributed by atoms with Crippen LogP contribution < -0.4 is 20.4 Å². The molecule has 4 saturated carbocycles.